The number of aromatic nitrogens is 2. The number of methoxy groups -OCH3 is 1. The smallest absolute Gasteiger partial charge is 0.307 e. The van der Waals surface area contributed by atoms with E-state index in [9.17, 15) is 9.90 Å². The summed E-state index contributed by atoms with van der Waals surface area (Å²) >= 11 is 6.04. The minimum Gasteiger partial charge on any atom is -0.493 e. The first-order valence-corrected chi connectivity index (χ1v) is 13.5. The number of hydrogen-bond acceptors (Lipinski definition) is 7. The predicted octanol–water partition coefficient (Wildman–Crippen LogP) is 5.88. The third-order valence-corrected chi connectivity index (χ3v) is 7.64. The molecule has 0 spiro atoms. The lowest BCUT2D eigenvalue weighted by atomic mass is 9.82. The van der Waals surface area contributed by atoms with Crippen LogP contribution in [0.3, 0.4) is 0 Å². The van der Waals surface area contributed by atoms with Crippen LogP contribution in [0.1, 0.15) is 37.9 Å². The number of likely N-dealkylation sites (N-methyl/N-ethyl adjacent to an activating group) is 1. The van der Waals surface area contributed by atoms with E-state index in [0.717, 1.165) is 59.8 Å². The van der Waals surface area contributed by atoms with Crippen LogP contribution in [0.5, 0.6) is 11.5 Å². The highest BCUT2D eigenvalue weighted by atomic mass is 35.5. The van der Waals surface area contributed by atoms with Crippen LogP contribution in [0, 0.1) is 12.3 Å². The van der Waals surface area contributed by atoms with Gasteiger partial charge in [-0.1, -0.05) is 25.4 Å². The lowest BCUT2D eigenvalue weighted by molar-refractivity contribution is -0.136. The van der Waals surface area contributed by atoms with Crippen LogP contribution in [-0.2, 0) is 11.2 Å². The minimum absolute atomic E-state index is 0.0683. The van der Waals surface area contributed by atoms with Crippen molar-refractivity contribution in [3.05, 3.63) is 59.0 Å². The Balaban J connectivity index is 1.53. The summed E-state index contributed by atoms with van der Waals surface area (Å²) in [6, 6.07) is 9.29. The Morgan fingerprint density at radius 2 is 1.87 bits per heavy atom. The summed E-state index contributed by atoms with van der Waals surface area (Å²) in [5, 5.41) is 10.2. The maximum Gasteiger partial charge on any atom is 0.307 e. The Bertz CT molecular complexity index is 1300. The minimum atomic E-state index is -0.862. The van der Waals surface area contributed by atoms with E-state index in [1.165, 1.54) is 0 Å². The van der Waals surface area contributed by atoms with E-state index in [1.807, 2.05) is 38.5 Å². The van der Waals surface area contributed by atoms with Gasteiger partial charge in [0.25, 0.3) is 0 Å². The van der Waals surface area contributed by atoms with Crippen molar-refractivity contribution in [2.75, 3.05) is 50.2 Å². The van der Waals surface area contributed by atoms with Crippen LogP contribution >= 0.6 is 11.6 Å². The topological polar surface area (TPSA) is 88.0 Å². The van der Waals surface area contributed by atoms with Crippen LogP contribution in [0.2, 0.25) is 5.02 Å². The van der Waals surface area contributed by atoms with Gasteiger partial charge in [-0.05, 0) is 49.4 Å². The number of hydrogen-bond donors (Lipinski definition) is 1. The summed E-state index contributed by atoms with van der Waals surface area (Å²) < 4.78 is 11.3. The maximum atomic E-state index is 11.8. The van der Waals surface area contributed by atoms with Gasteiger partial charge in [-0.3, -0.25) is 14.8 Å². The summed E-state index contributed by atoms with van der Waals surface area (Å²) in [5.74, 6) is 0.374. The highest BCUT2D eigenvalue weighted by molar-refractivity contribution is 6.30. The number of ether oxygens (including phenoxy) is 2. The van der Waals surface area contributed by atoms with Gasteiger partial charge in [0, 0.05) is 54.2 Å². The number of aryl methyl sites for hydroxylation is 1. The number of aliphatic carboxylic acids is 1. The second kappa shape index (κ2) is 12.1. The quantitative estimate of drug-likeness (QED) is 0.333. The number of nitrogens with zero attached hydrogens (tertiary/aromatic N) is 4. The number of rotatable bonds is 10. The predicted molar refractivity (Wildman–Crippen MR) is 156 cm³/mol. The zero-order valence-corrected chi connectivity index (χ0v) is 24.1. The monoisotopic (exact) mass is 552 g/mol. The molecule has 0 amide bonds. The van der Waals surface area contributed by atoms with Crippen molar-refractivity contribution in [1.29, 1.82) is 0 Å². The number of carbonyl (C=O) groups is 1. The number of piperidine rings is 1. The largest absolute Gasteiger partial charge is 0.493 e. The molecule has 0 radical (unpaired) electrons. The Hall–Kier alpha value is -3.52. The Morgan fingerprint density at radius 1 is 1.13 bits per heavy atom. The average Bonchev–Trinajstić information content (AvgIpc) is 2.90. The highest BCUT2D eigenvalue weighted by Gasteiger charge is 2.29. The van der Waals surface area contributed by atoms with E-state index in [-0.39, 0.29) is 11.8 Å². The molecule has 0 saturated carbocycles. The molecule has 2 aromatic heterocycles. The third kappa shape index (κ3) is 6.92. The van der Waals surface area contributed by atoms with E-state index in [2.05, 4.69) is 28.6 Å². The number of anilines is 2. The van der Waals surface area contributed by atoms with Crippen molar-refractivity contribution >= 4 is 28.9 Å². The molecule has 1 N–H and O–H groups in total. The fraction of sp³-hybridized carbons (Fsp3) is 0.433. The first kappa shape index (κ1) is 28.5. The van der Waals surface area contributed by atoms with Crippen LogP contribution in [-0.4, -0.2) is 61.4 Å². The van der Waals surface area contributed by atoms with Gasteiger partial charge >= 0.3 is 5.97 Å². The van der Waals surface area contributed by atoms with Crippen LogP contribution < -0.4 is 19.3 Å². The SMILES string of the molecule is COc1cc(Cl)ccc1OCCN(C)c1ccc(-c2cnc(C)c(CC(=O)O)c2N2CCC(C)(C)CC2)nc1. The van der Waals surface area contributed by atoms with Gasteiger partial charge in [0.05, 0.1) is 43.3 Å². The molecule has 1 saturated heterocycles. The van der Waals surface area contributed by atoms with Gasteiger partial charge in [-0.25, -0.2) is 0 Å². The molecule has 8 nitrogen and oxygen atoms in total. The Kier molecular flexibility index (Phi) is 8.85. The zero-order chi connectivity index (χ0) is 28.2. The van der Waals surface area contributed by atoms with Crippen molar-refractivity contribution in [3.63, 3.8) is 0 Å². The van der Waals surface area contributed by atoms with Crippen molar-refractivity contribution in [2.24, 2.45) is 5.41 Å². The van der Waals surface area contributed by atoms with Gasteiger partial charge in [-0.2, -0.15) is 0 Å². The van der Waals surface area contributed by atoms with Crippen molar-refractivity contribution in [3.8, 4) is 22.8 Å². The van der Waals surface area contributed by atoms with Gasteiger partial charge < -0.3 is 24.4 Å². The number of halogens is 1. The van der Waals surface area contributed by atoms with E-state index in [0.29, 0.717) is 29.7 Å². The third-order valence-electron chi connectivity index (χ3n) is 7.40. The summed E-state index contributed by atoms with van der Waals surface area (Å²) in [7, 11) is 3.57. The maximum absolute atomic E-state index is 11.8. The van der Waals surface area contributed by atoms with Crippen LogP contribution in [0.15, 0.2) is 42.7 Å². The van der Waals surface area contributed by atoms with Crippen LogP contribution in [0.4, 0.5) is 11.4 Å². The average molecular weight is 553 g/mol. The van der Waals surface area contributed by atoms with Crippen molar-refractivity contribution in [2.45, 2.75) is 40.0 Å². The Labute approximate surface area is 235 Å². The molecule has 1 aliphatic rings. The molecule has 0 aliphatic carbocycles. The molecular weight excluding hydrogens is 516 g/mol. The van der Waals surface area contributed by atoms with E-state index in [1.54, 1.807) is 25.3 Å². The molecule has 0 unspecified atom stereocenters. The highest BCUT2D eigenvalue weighted by Crippen LogP contribution is 2.39. The number of benzene rings is 1. The van der Waals surface area contributed by atoms with Gasteiger partial charge in [0.1, 0.15) is 6.61 Å². The lowest BCUT2D eigenvalue weighted by Gasteiger charge is -2.40. The summed E-state index contributed by atoms with van der Waals surface area (Å²) in [6.45, 7) is 9.28. The molecule has 3 heterocycles. The zero-order valence-electron chi connectivity index (χ0n) is 23.3. The standard InChI is InChI=1S/C30H37ClN4O4/c1-20-23(17-28(36)37)29(35-12-10-30(2,3)11-13-35)24(19-32-20)25-8-7-22(18-33-25)34(4)14-15-39-26-9-6-21(31)16-27(26)38-5/h6-9,16,18-19H,10-15,17H2,1-5H3,(H,36,37). The molecule has 9 heteroatoms. The Morgan fingerprint density at radius 3 is 2.51 bits per heavy atom. The fourth-order valence-corrected chi connectivity index (χ4v) is 5.00. The van der Waals surface area contributed by atoms with Crippen molar-refractivity contribution < 1.29 is 19.4 Å². The molecule has 1 aliphatic heterocycles. The molecule has 3 aromatic rings. The molecular formula is C30H37ClN4O4. The van der Waals surface area contributed by atoms with Gasteiger partial charge in [0.2, 0.25) is 0 Å². The number of carboxylic acid groups (broad SMARTS) is 1. The molecule has 4 rings (SSSR count). The molecule has 208 valence electrons. The molecule has 39 heavy (non-hydrogen) atoms. The van der Waals surface area contributed by atoms with Crippen molar-refractivity contribution in [1.82, 2.24) is 9.97 Å². The van der Waals surface area contributed by atoms with Crippen LogP contribution in [0.25, 0.3) is 11.3 Å². The molecule has 0 bridgehead atoms. The molecule has 1 aromatic carbocycles. The summed E-state index contributed by atoms with van der Waals surface area (Å²) in [5.41, 5.74) is 5.31. The van der Waals surface area contributed by atoms with Gasteiger partial charge in [-0.15, -0.1) is 0 Å². The first-order valence-electron chi connectivity index (χ1n) is 13.2. The number of carboxylic acids is 1. The molecule has 1 fully saturated rings. The second-order valence-corrected chi connectivity index (χ2v) is 11.2. The fourth-order valence-electron chi connectivity index (χ4n) is 4.83. The first-order chi connectivity index (χ1) is 18.6. The van der Waals surface area contributed by atoms with E-state index >= 15 is 0 Å². The lowest BCUT2D eigenvalue weighted by Crippen LogP contribution is -2.38. The molecule has 0 atom stereocenters. The van der Waals surface area contributed by atoms with E-state index in [4.69, 9.17) is 26.1 Å². The van der Waals surface area contributed by atoms with E-state index < -0.39 is 5.97 Å². The van der Waals surface area contributed by atoms with Gasteiger partial charge in [0.15, 0.2) is 11.5 Å². The second-order valence-electron chi connectivity index (χ2n) is 10.8. The summed E-state index contributed by atoms with van der Waals surface area (Å²) in [6.07, 6.45) is 5.68. The number of pyridine rings is 2. The normalized spacial score (nSPS) is 14.7. The summed E-state index contributed by atoms with van der Waals surface area (Å²) in [4.78, 5) is 25.5.